The number of unbranched alkanes of at least 4 members (excludes halogenated alkanes) is 2. The third-order valence-corrected chi connectivity index (χ3v) is 15.6. The van der Waals surface area contributed by atoms with Crippen LogP contribution >= 0.6 is 0 Å². The summed E-state index contributed by atoms with van der Waals surface area (Å²) in [5, 5.41) is 0. The second kappa shape index (κ2) is 13.2. The van der Waals surface area contributed by atoms with E-state index in [1.165, 1.54) is 12.8 Å². The van der Waals surface area contributed by atoms with Crippen molar-refractivity contribution >= 4 is 22.9 Å². The van der Waals surface area contributed by atoms with Crippen LogP contribution in [-0.2, 0) is 13.6 Å². The van der Waals surface area contributed by atoms with Gasteiger partial charge in [0, 0.05) is 0 Å². The van der Waals surface area contributed by atoms with Crippen molar-refractivity contribution in [2.75, 3.05) is 0 Å². The van der Waals surface area contributed by atoms with Gasteiger partial charge in [0.05, 0.1) is 6.10 Å². The topological polar surface area (TPSA) is 35.5 Å². The van der Waals surface area contributed by atoms with Crippen molar-refractivity contribution < 1.29 is 13.6 Å². The molecule has 0 bridgehead atoms. The van der Waals surface area contributed by atoms with Crippen LogP contribution in [-0.4, -0.2) is 35.1 Å². The lowest BCUT2D eigenvalue weighted by Gasteiger charge is -2.39. The van der Waals surface area contributed by atoms with E-state index in [0.29, 0.717) is 0 Å². The van der Waals surface area contributed by atoms with E-state index < -0.39 is 16.6 Å². The fourth-order valence-corrected chi connectivity index (χ4v) is 9.37. The van der Waals surface area contributed by atoms with E-state index in [9.17, 15) is 4.79 Å². The van der Waals surface area contributed by atoms with Crippen molar-refractivity contribution in [1.29, 1.82) is 0 Å². The summed E-state index contributed by atoms with van der Waals surface area (Å²) in [4.78, 5) is 12.0. The molecule has 0 heterocycles. The van der Waals surface area contributed by atoms with Gasteiger partial charge < -0.3 is 13.6 Å². The summed E-state index contributed by atoms with van der Waals surface area (Å²) in [6, 6.07) is 6.58. The van der Waals surface area contributed by atoms with E-state index in [1.54, 1.807) is 0 Å². The van der Waals surface area contributed by atoms with Crippen LogP contribution in [0.1, 0.15) is 74.1 Å². The van der Waals surface area contributed by atoms with Crippen molar-refractivity contribution in [3.8, 4) is 0 Å². The molecule has 25 heavy (non-hydrogen) atoms. The molecule has 0 saturated heterocycles. The number of carbonyl (C=O) groups excluding carboxylic acids is 1. The van der Waals surface area contributed by atoms with Crippen LogP contribution in [0.4, 0.5) is 0 Å². The lowest BCUT2D eigenvalue weighted by atomic mass is 10.1. The minimum Gasteiger partial charge on any atom is -0.411 e. The van der Waals surface area contributed by atoms with Crippen LogP contribution in [0.5, 0.6) is 0 Å². The van der Waals surface area contributed by atoms with Gasteiger partial charge in [0.1, 0.15) is 12.4 Å². The summed E-state index contributed by atoms with van der Waals surface area (Å²) >= 11 is 0. The molecular formula is C20H44O3Si2. The second-order valence-corrected chi connectivity index (χ2v) is 16.8. The first-order valence-corrected chi connectivity index (χ1v) is 15.8. The molecule has 5 heteroatoms. The monoisotopic (exact) mass is 388 g/mol. The number of aldehydes is 1. The predicted octanol–water partition coefficient (Wildman–Crippen LogP) is 6.55. The number of hydrogen-bond acceptors (Lipinski definition) is 3. The van der Waals surface area contributed by atoms with Crippen LogP contribution in [0.15, 0.2) is 0 Å². The molecule has 150 valence electrons. The van der Waals surface area contributed by atoms with Gasteiger partial charge in [-0.15, -0.1) is 0 Å². The molecule has 0 aromatic heterocycles. The summed E-state index contributed by atoms with van der Waals surface area (Å²) in [7, 11) is -3.56. The van der Waals surface area contributed by atoms with Crippen molar-refractivity contribution in [2.24, 2.45) is 0 Å². The Labute approximate surface area is 159 Å². The molecule has 0 aromatic carbocycles. The smallest absolute Gasteiger partial charge is 0.193 e. The molecular weight excluding hydrogens is 344 g/mol. The Hall–Kier alpha value is 0.0238. The van der Waals surface area contributed by atoms with Gasteiger partial charge in [0.15, 0.2) is 16.6 Å². The van der Waals surface area contributed by atoms with Gasteiger partial charge >= 0.3 is 0 Å². The van der Waals surface area contributed by atoms with Crippen molar-refractivity contribution in [3.05, 3.63) is 0 Å². The standard InChI is InChI=1S/C20H44O3Si2/c1-8-15-16-17-19(22-24(9-2,10-3)11-4)20(18-21)23-25(12-5,13-6)14-7/h18-20H,8-17H2,1-7H3/t19-,20+/m0/s1. The minimum absolute atomic E-state index is 0.0490. The highest BCUT2D eigenvalue weighted by Gasteiger charge is 2.39. The molecule has 0 fully saturated rings. The molecule has 0 saturated carbocycles. The van der Waals surface area contributed by atoms with Crippen LogP contribution in [0.2, 0.25) is 36.3 Å². The van der Waals surface area contributed by atoms with Gasteiger partial charge in [0.2, 0.25) is 0 Å². The minimum atomic E-state index is -1.81. The number of rotatable bonds is 16. The van der Waals surface area contributed by atoms with Crippen LogP contribution in [0.25, 0.3) is 0 Å². The highest BCUT2D eigenvalue weighted by molar-refractivity contribution is 6.74. The zero-order valence-electron chi connectivity index (χ0n) is 18.0. The highest BCUT2D eigenvalue weighted by atomic mass is 28.4. The SMILES string of the molecule is CCCCC[C@H](O[Si](CC)(CC)CC)[C@@H](C=O)O[Si](CC)(CC)CC. The molecule has 0 N–H and O–H groups in total. The summed E-state index contributed by atoms with van der Waals surface area (Å²) < 4.78 is 13.3. The van der Waals surface area contributed by atoms with Gasteiger partial charge in [-0.1, -0.05) is 67.7 Å². The molecule has 2 atom stereocenters. The third-order valence-electron chi connectivity index (χ3n) is 6.25. The van der Waals surface area contributed by atoms with Gasteiger partial charge in [0.25, 0.3) is 0 Å². The molecule has 0 unspecified atom stereocenters. The average molecular weight is 389 g/mol. The lowest BCUT2D eigenvalue weighted by Crippen LogP contribution is -2.50. The lowest BCUT2D eigenvalue weighted by molar-refractivity contribution is -0.118. The Morgan fingerprint density at radius 3 is 1.52 bits per heavy atom. The molecule has 0 aliphatic carbocycles. The first kappa shape index (κ1) is 25.0. The van der Waals surface area contributed by atoms with Gasteiger partial charge in [-0.25, -0.2) is 0 Å². The van der Waals surface area contributed by atoms with Gasteiger partial charge in [-0.3, -0.25) is 0 Å². The normalized spacial score (nSPS) is 15.2. The third kappa shape index (κ3) is 7.65. The Kier molecular flexibility index (Phi) is 13.2. The van der Waals surface area contributed by atoms with E-state index in [0.717, 1.165) is 55.4 Å². The summed E-state index contributed by atoms with van der Waals surface area (Å²) in [6.07, 6.45) is 5.08. The van der Waals surface area contributed by atoms with E-state index in [4.69, 9.17) is 8.85 Å². The fraction of sp³-hybridized carbons (Fsp3) is 0.950. The van der Waals surface area contributed by atoms with Crippen LogP contribution in [0.3, 0.4) is 0 Å². The van der Waals surface area contributed by atoms with Crippen LogP contribution < -0.4 is 0 Å². The van der Waals surface area contributed by atoms with Gasteiger partial charge in [-0.05, 0) is 42.7 Å². The van der Waals surface area contributed by atoms with Crippen molar-refractivity contribution in [3.63, 3.8) is 0 Å². The Morgan fingerprint density at radius 1 is 0.720 bits per heavy atom. The maximum atomic E-state index is 12.0. The average Bonchev–Trinajstić information content (AvgIpc) is 2.67. The maximum Gasteiger partial charge on any atom is 0.193 e. The molecule has 0 rings (SSSR count). The number of hydrogen-bond donors (Lipinski definition) is 0. The zero-order valence-corrected chi connectivity index (χ0v) is 20.0. The van der Waals surface area contributed by atoms with Gasteiger partial charge in [-0.2, -0.15) is 0 Å². The largest absolute Gasteiger partial charge is 0.411 e. The van der Waals surface area contributed by atoms with Crippen molar-refractivity contribution in [1.82, 2.24) is 0 Å². The van der Waals surface area contributed by atoms with Crippen molar-refractivity contribution in [2.45, 2.75) is 123 Å². The summed E-state index contributed by atoms with van der Waals surface area (Å²) in [5.41, 5.74) is 0. The first-order valence-electron chi connectivity index (χ1n) is 10.8. The van der Waals surface area contributed by atoms with E-state index >= 15 is 0 Å². The Balaban J connectivity index is 5.40. The molecule has 0 spiro atoms. The molecule has 0 aliphatic rings. The predicted molar refractivity (Wildman–Crippen MR) is 114 cm³/mol. The summed E-state index contributed by atoms with van der Waals surface area (Å²) in [5.74, 6) is 0. The fourth-order valence-electron chi connectivity index (χ4n) is 3.69. The van der Waals surface area contributed by atoms with Crippen LogP contribution in [0, 0.1) is 0 Å². The first-order chi connectivity index (χ1) is 12.0. The summed E-state index contributed by atoms with van der Waals surface area (Å²) in [6.45, 7) is 15.6. The molecule has 0 radical (unpaired) electrons. The molecule has 3 nitrogen and oxygen atoms in total. The molecule has 0 aliphatic heterocycles. The van der Waals surface area contributed by atoms with E-state index in [1.807, 2.05) is 0 Å². The zero-order chi connectivity index (χ0) is 19.3. The van der Waals surface area contributed by atoms with E-state index in [-0.39, 0.29) is 12.2 Å². The molecule has 0 amide bonds. The maximum absolute atomic E-state index is 12.0. The Morgan fingerprint density at radius 2 is 1.16 bits per heavy atom. The highest BCUT2D eigenvalue weighted by Crippen LogP contribution is 2.30. The quantitative estimate of drug-likeness (QED) is 0.171. The number of carbonyl (C=O) groups is 1. The van der Waals surface area contributed by atoms with E-state index in [2.05, 4.69) is 48.5 Å². The second-order valence-electron chi connectivity index (χ2n) is 7.36. The molecule has 0 aromatic rings. The Bertz CT molecular complexity index is 325.